The molecule has 0 saturated heterocycles. The SMILES string of the molecule is CCCCCCCCCCC(CCCC)c1c(O)ccc(O)c1S(=O)(=O)O. The first-order chi connectivity index (χ1) is 12.8. The Morgan fingerprint density at radius 2 is 1.26 bits per heavy atom. The van der Waals surface area contributed by atoms with Gasteiger partial charge in [0.1, 0.15) is 16.4 Å². The van der Waals surface area contributed by atoms with Crippen LogP contribution in [-0.4, -0.2) is 23.2 Å². The molecule has 1 aromatic carbocycles. The van der Waals surface area contributed by atoms with Crippen LogP contribution >= 0.6 is 0 Å². The normalized spacial score (nSPS) is 13.0. The second-order valence-electron chi connectivity index (χ2n) is 7.42. The first-order valence-corrected chi connectivity index (χ1v) is 11.8. The number of benzene rings is 1. The molecule has 1 rings (SSSR count). The lowest BCUT2D eigenvalue weighted by Crippen LogP contribution is -2.09. The molecule has 3 N–H and O–H groups in total. The van der Waals surface area contributed by atoms with E-state index >= 15 is 0 Å². The summed E-state index contributed by atoms with van der Waals surface area (Å²) in [4.78, 5) is -0.539. The largest absolute Gasteiger partial charge is 0.508 e. The van der Waals surface area contributed by atoms with Crippen LogP contribution in [-0.2, 0) is 10.1 Å². The lowest BCUT2D eigenvalue weighted by Gasteiger charge is -2.21. The molecule has 5 nitrogen and oxygen atoms in total. The number of aromatic hydroxyl groups is 2. The van der Waals surface area contributed by atoms with E-state index in [1.54, 1.807) is 0 Å². The minimum atomic E-state index is -4.61. The number of unbranched alkanes of at least 4 members (excludes halogenated alkanes) is 8. The van der Waals surface area contributed by atoms with E-state index in [9.17, 15) is 23.2 Å². The van der Waals surface area contributed by atoms with Crippen molar-refractivity contribution in [1.82, 2.24) is 0 Å². The Morgan fingerprint density at radius 1 is 0.778 bits per heavy atom. The van der Waals surface area contributed by atoms with Gasteiger partial charge in [-0.1, -0.05) is 78.1 Å². The molecule has 0 aliphatic rings. The van der Waals surface area contributed by atoms with Gasteiger partial charge in [0, 0.05) is 5.56 Å². The van der Waals surface area contributed by atoms with Crippen LogP contribution in [0.5, 0.6) is 11.5 Å². The highest BCUT2D eigenvalue weighted by Crippen LogP contribution is 2.42. The predicted octanol–water partition coefficient (Wildman–Crippen LogP) is 6.15. The lowest BCUT2D eigenvalue weighted by molar-refractivity contribution is 0.408. The van der Waals surface area contributed by atoms with Crippen molar-refractivity contribution in [3.8, 4) is 11.5 Å². The third kappa shape index (κ3) is 8.09. The number of phenols is 2. The van der Waals surface area contributed by atoms with Crippen LogP contribution in [0.4, 0.5) is 0 Å². The molecule has 0 fully saturated rings. The second kappa shape index (κ2) is 12.2. The molecular formula is C21H36O5S. The van der Waals surface area contributed by atoms with Gasteiger partial charge in [-0.25, -0.2) is 0 Å². The van der Waals surface area contributed by atoms with Gasteiger partial charge in [0.25, 0.3) is 10.1 Å². The van der Waals surface area contributed by atoms with Crippen molar-refractivity contribution in [3.05, 3.63) is 17.7 Å². The number of hydrogen-bond acceptors (Lipinski definition) is 4. The summed E-state index contributed by atoms with van der Waals surface area (Å²) in [6.07, 6.45) is 12.7. The van der Waals surface area contributed by atoms with Crippen molar-refractivity contribution in [2.45, 2.75) is 102 Å². The molecular weight excluding hydrogens is 364 g/mol. The molecule has 0 radical (unpaired) electrons. The van der Waals surface area contributed by atoms with Crippen LogP contribution in [0.25, 0.3) is 0 Å². The summed E-state index contributed by atoms with van der Waals surface area (Å²) in [5.74, 6) is -0.891. The van der Waals surface area contributed by atoms with E-state index < -0.39 is 20.8 Å². The fourth-order valence-electron chi connectivity index (χ4n) is 3.65. The van der Waals surface area contributed by atoms with Gasteiger partial charge in [0.15, 0.2) is 0 Å². The Bertz CT molecular complexity index is 655. The van der Waals surface area contributed by atoms with Gasteiger partial charge in [-0.15, -0.1) is 0 Å². The molecule has 27 heavy (non-hydrogen) atoms. The molecule has 156 valence electrons. The maximum atomic E-state index is 11.8. The van der Waals surface area contributed by atoms with E-state index in [2.05, 4.69) is 13.8 Å². The van der Waals surface area contributed by atoms with Crippen molar-refractivity contribution >= 4 is 10.1 Å². The zero-order valence-electron chi connectivity index (χ0n) is 16.8. The third-order valence-corrected chi connectivity index (χ3v) is 6.08. The van der Waals surface area contributed by atoms with Crippen molar-refractivity contribution in [2.24, 2.45) is 0 Å². The Balaban J connectivity index is 2.82. The third-order valence-electron chi connectivity index (χ3n) is 5.13. The van der Waals surface area contributed by atoms with Gasteiger partial charge >= 0.3 is 0 Å². The maximum absolute atomic E-state index is 11.8. The predicted molar refractivity (Wildman–Crippen MR) is 109 cm³/mol. The molecule has 6 heteroatoms. The average molecular weight is 401 g/mol. The maximum Gasteiger partial charge on any atom is 0.298 e. The van der Waals surface area contributed by atoms with Gasteiger partial charge in [0.05, 0.1) is 0 Å². The van der Waals surface area contributed by atoms with Crippen LogP contribution in [0.2, 0.25) is 0 Å². The monoisotopic (exact) mass is 400 g/mol. The van der Waals surface area contributed by atoms with Crippen molar-refractivity contribution in [3.63, 3.8) is 0 Å². The standard InChI is InChI=1S/C21H36O5S/c1-3-5-7-8-9-10-11-12-14-17(13-6-4-2)20-18(22)15-16-19(23)21(20)27(24,25)26/h15-17,22-23H,3-14H2,1-2H3,(H,24,25,26). The molecule has 0 aliphatic carbocycles. The minimum Gasteiger partial charge on any atom is -0.508 e. The summed E-state index contributed by atoms with van der Waals surface area (Å²) in [7, 11) is -4.61. The summed E-state index contributed by atoms with van der Waals surface area (Å²) in [6, 6.07) is 2.40. The summed E-state index contributed by atoms with van der Waals surface area (Å²) < 4.78 is 33.1. The molecule has 1 aromatic rings. The molecule has 0 heterocycles. The van der Waals surface area contributed by atoms with Crippen molar-refractivity contribution in [1.29, 1.82) is 0 Å². The van der Waals surface area contributed by atoms with Gasteiger partial charge in [-0.05, 0) is 30.9 Å². The number of phenolic OH excluding ortho intramolecular Hbond substituents is 2. The first-order valence-electron chi connectivity index (χ1n) is 10.3. The van der Waals surface area contributed by atoms with Crippen LogP contribution in [0.15, 0.2) is 17.0 Å². The molecule has 1 atom stereocenters. The van der Waals surface area contributed by atoms with Crippen LogP contribution in [0, 0.1) is 0 Å². The first kappa shape index (κ1) is 23.8. The van der Waals surface area contributed by atoms with E-state index in [4.69, 9.17) is 0 Å². The Labute approximate surface area is 164 Å². The summed E-state index contributed by atoms with van der Waals surface area (Å²) >= 11 is 0. The van der Waals surface area contributed by atoms with E-state index in [1.165, 1.54) is 38.2 Å². The fraction of sp³-hybridized carbons (Fsp3) is 0.714. The lowest BCUT2D eigenvalue weighted by atomic mass is 9.87. The molecule has 1 unspecified atom stereocenters. The van der Waals surface area contributed by atoms with Crippen LogP contribution < -0.4 is 0 Å². The molecule has 0 amide bonds. The minimum absolute atomic E-state index is 0.161. The zero-order valence-corrected chi connectivity index (χ0v) is 17.6. The van der Waals surface area contributed by atoms with Gasteiger partial charge < -0.3 is 10.2 Å². The highest BCUT2D eigenvalue weighted by Gasteiger charge is 2.28. The van der Waals surface area contributed by atoms with Gasteiger partial charge in [-0.2, -0.15) is 8.42 Å². The quantitative estimate of drug-likeness (QED) is 0.198. The average Bonchev–Trinajstić information content (AvgIpc) is 2.61. The topological polar surface area (TPSA) is 94.8 Å². The zero-order chi connectivity index (χ0) is 20.3. The molecule has 0 saturated carbocycles. The van der Waals surface area contributed by atoms with Crippen molar-refractivity contribution < 1.29 is 23.2 Å². The number of hydrogen-bond donors (Lipinski definition) is 3. The fourth-order valence-corrected chi connectivity index (χ4v) is 4.53. The van der Waals surface area contributed by atoms with E-state index in [1.807, 2.05) is 0 Å². The van der Waals surface area contributed by atoms with E-state index in [-0.39, 0.29) is 17.2 Å². The van der Waals surface area contributed by atoms with Crippen LogP contribution in [0.3, 0.4) is 0 Å². The Morgan fingerprint density at radius 3 is 1.81 bits per heavy atom. The van der Waals surface area contributed by atoms with Gasteiger partial charge in [0.2, 0.25) is 0 Å². The van der Waals surface area contributed by atoms with Gasteiger partial charge in [-0.3, -0.25) is 4.55 Å². The molecule has 0 spiro atoms. The Kier molecular flexibility index (Phi) is 10.8. The molecule has 0 aromatic heterocycles. The summed E-state index contributed by atoms with van der Waals surface area (Å²) in [5.41, 5.74) is 0.161. The van der Waals surface area contributed by atoms with Crippen LogP contribution in [0.1, 0.15) is 102 Å². The summed E-state index contributed by atoms with van der Waals surface area (Å²) in [6.45, 7) is 4.26. The van der Waals surface area contributed by atoms with Crippen molar-refractivity contribution in [2.75, 3.05) is 0 Å². The molecule has 0 bridgehead atoms. The smallest absolute Gasteiger partial charge is 0.298 e. The second-order valence-corrected chi connectivity index (χ2v) is 8.78. The number of rotatable bonds is 14. The summed E-state index contributed by atoms with van der Waals surface area (Å²) in [5, 5.41) is 20.3. The van der Waals surface area contributed by atoms with E-state index in [0.29, 0.717) is 6.42 Å². The van der Waals surface area contributed by atoms with E-state index in [0.717, 1.165) is 44.6 Å². The highest BCUT2D eigenvalue weighted by molar-refractivity contribution is 7.86. The highest BCUT2D eigenvalue weighted by atomic mass is 32.2. The Hall–Kier alpha value is -1.27. The molecule has 0 aliphatic heterocycles.